The Balaban J connectivity index is 1.50. The van der Waals surface area contributed by atoms with E-state index < -0.39 is 0 Å². The van der Waals surface area contributed by atoms with Crippen LogP contribution >= 0.6 is 0 Å². The summed E-state index contributed by atoms with van der Waals surface area (Å²) in [6.45, 7) is 7.52. The number of hydrogen-bond acceptors (Lipinski definition) is 2. The highest BCUT2D eigenvalue weighted by Crippen LogP contribution is 2.24. The van der Waals surface area contributed by atoms with Crippen LogP contribution in [-0.4, -0.2) is 47.8 Å². The van der Waals surface area contributed by atoms with Gasteiger partial charge in [0.25, 0.3) is 0 Å². The average molecular weight is 342 g/mol. The van der Waals surface area contributed by atoms with Gasteiger partial charge >= 0.3 is 0 Å². The molecule has 0 aromatic heterocycles. The van der Waals surface area contributed by atoms with Crippen LogP contribution in [0.2, 0.25) is 0 Å². The summed E-state index contributed by atoms with van der Waals surface area (Å²) in [4.78, 5) is 29.3. The molecular weight excluding hydrogens is 312 g/mol. The summed E-state index contributed by atoms with van der Waals surface area (Å²) in [5.41, 5.74) is 2.27. The molecule has 0 bridgehead atoms. The molecule has 2 heterocycles. The first-order valence-electron chi connectivity index (χ1n) is 9.65. The van der Waals surface area contributed by atoms with Crippen LogP contribution in [0.3, 0.4) is 0 Å². The maximum Gasteiger partial charge on any atom is 0.226 e. The van der Waals surface area contributed by atoms with Crippen LogP contribution in [0.1, 0.15) is 43.7 Å². The predicted molar refractivity (Wildman–Crippen MR) is 99.2 cm³/mol. The van der Waals surface area contributed by atoms with E-state index in [2.05, 4.69) is 11.8 Å². The molecule has 3 rings (SSSR count). The number of amides is 2. The number of carbonyl (C=O) groups is 2. The van der Waals surface area contributed by atoms with Gasteiger partial charge < -0.3 is 9.80 Å². The van der Waals surface area contributed by atoms with Gasteiger partial charge in [-0.25, -0.2) is 0 Å². The molecule has 2 fully saturated rings. The molecule has 2 amide bonds. The van der Waals surface area contributed by atoms with Crippen molar-refractivity contribution >= 4 is 11.8 Å². The van der Waals surface area contributed by atoms with E-state index in [1.807, 2.05) is 36.1 Å². The number of benzene rings is 1. The number of piperidine rings is 2. The van der Waals surface area contributed by atoms with Gasteiger partial charge in [-0.1, -0.05) is 31.2 Å². The van der Waals surface area contributed by atoms with Crippen molar-refractivity contribution in [3.8, 4) is 0 Å². The molecule has 0 radical (unpaired) electrons. The van der Waals surface area contributed by atoms with E-state index in [1.165, 1.54) is 12.0 Å². The van der Waals surface area contributed by atoms with Crippen LogP contribution in [0.15, 0.2) is 24.3 Å². The van der Waals surface area contributed by atoms with Gasteiger partial charge in [-0.3, -0.25) is 9.59 Å². The molecule has 2 aliphatic heterocycles. The molecule has 0 spiro atoms. The van der Waals surface area contributed by atoms with Gasteiger partial charge in [0.1, 0.15) is 0 Å². The van der Waals surface area contributed by atoms with Gasteiger partial charge in [0, 0.05) is 32.1 Å². The minimum absolute atomic E-state index is 0.104. The lowest BCUT2D eigenvalue weighted by atomic mass is 9.92. The lowest BCUT2D eigenvalue weighted by Crippen LogP contribution is -2.47. The van der Waals surface area contributed by atoms with Crippen LogP contribution in [0, 0.1) is 18.8 Å². The Hall–Kier alpha value is -1.84. The molecule has 136 valence electrons. The fourth-order valence-electron chi connectivity index (χ4n) is 4.11. The molecule has 0 aliphatic carbocycles. The number of rotatable bonds is 3. The summed E-state index contributed by atoms with van der Waals surface area (Å²) in [7, 11) is 0. The standard InChI is InChI=1S/C21H30N2O2/c1-16-6-5-11-23(15-16)21(25)18-9-12-22(13-10-18)20(24)14-19-8-4-3-7-17(19)2/h3-4,7-8,16,18H,5-6,9-15H2,1-2H3. The van der Waals surface area contributed by atoms with Gasteiger partial charge in [0.05, 0.1) is 6.42 Å². The van der Waals surface area contributed by atoms with E-state index in [0.29, 0.717) is 31.3 Å². The highest BCUT2D eigenvalue weighted by molar-refractivity contribution is 5.81. The predicted octanol–water partition coefficient (Wildman–Crippen LogP) is 3.03. The van der Waals surface area contributed by atoms with Gasteiger partial charge in [0.2, 0.25) is 11.8 Å². The molecule has 25 heavy (non-hydrogen) atoms. The molecular formula is C21H30N2O2. The summed E-state index contributed by atoms with van der Waals surface area (Å²) in [6.07, 6.45) is 4.44. The van der Waals surface area contributed by atoms with E-state index in [0.717, 1.165) is 37.9 Å². The lowest BCUT2D eigenvalue weighted by Gasteiger charge is -2.37. The van der Waals surface area contributed by atoms with Crippen molar-refractivity contribution in [2.24, 2.45) is 11.8 Å². The molecule has 2 saturated heterocycles. The van der Waals surface area contributed by atoms with Crippen LogP contribution in [0.5, 0.6) is 0 Å². The highest BCUT2D eigenvalue weighted by atomic mass is 16.2. The van der Waals surface area contributed by atoms with Crippen molar-refractivity contribution in [1.82, 2.24) is 9.80 Å². The topological polar surface area (TPSA) is 40.6 Å². The minimum atomic E-state index is 0.104. The lowest BCUT2D eigenvalue weighted by molar-refractivity contribution is -0.141. The van der Waals surface area contributed by atoms with Crippen molar-refractivity contribution < 1.29 is 9.59 Å². The zero-order valence-electron chi connectivity index (χ0n) is 15.5. The van der Waals surface area contributed by atoms with Crippen LogP contribution < -0.4 is 0 Å². The molecule has 1 aromatic rings. The maximum absolute atomic E-state index is 12.7. The zero-order chi connectivity index (χ0) is 17.8. The monoisotopic (exact) mass is 342 g/mol. The maximum atomic E-state index is 12.7. The molecule has 0 N–H and O–H groups in total. The first kappa shape index (κ1) is 18.0. The SMILES string of the molecule is Cc1ccccc1CC(=O)N1CCC(C(=O)N2CCCC(C)C2)CC1. The largest absolute Gasteiger partial charge is 0.342 e. The van der Waals surface area contributed by atoms with Crippen molar-refractivity contribution in [2.45, 2.75) is 46.0 Å². The van der Waals surface area contributed by atoms with Crippen molar-refractivity contribution in [2.75, 3.05) is 26.2 Å². The Morgan fingerprint density at radius 1 is 1.04 bits per heavy atom. The summed E-state index contributed by atoms with van der Waals surface area (Å²) in [5, 5.41) is 0. The minimum Gasteiger partial charge on any atom is -0.342 e. The van der Waals surface area contributed by atoms with Crippen molar-refractivity contribution in [1.29, 1.82) is 0 Å². The van der Waals surface area contributed by atoms with Gasteiger partial charge in [-0.2, -0.15) is 0 Å². The molecule has 2 aliphatic rings. The smallest absolute Gasteiger partial charge is 0.226 e. The van der Waals surface area contributed by atoms with Gasteiger partial charge in [0.15, 0.2) is 0 Å². The second-order valence-electron chi connectivity index (χ2n) is 7.79. The second-order valence-corrected chi connectivity index (χ2v) is 7.79. The number of likely N-dealkylation sites (tertiary alicyclic amines) is 2. The van der Waals surface area contributed by atoms with E-state index in [-0.39, 0.29) is 11.8 Å². The first-order chi connectivity index (χ1) is 12.0. The molecule has 1 atom stereocenters. The van der Waals surface area contributed by atoms with Crippen LogP contribution in [-0.2, 0) is 16.0 Å². The van der Waals surface area contributed by atoms with Crippen LogP contribution in [0.4, 0.5) is 0 Å². The molecule has 1 aromatic carbocycles. The Morgan fingerprint density at radius 2 is 1.76 bits per heavy atom. The number of aryl methyl sites for hydroxylation is 1. The summed E-state index contributed by atoms with van der Waals surface area (Å²) in [5.74, 6) is 1.23. The Morgan fingerprint density at radius 3 is 2.44 bits per heavy atom. The van der Waals surface area contributed by atoms with Crippen molar-refractivity contribution in [3.05, 3.63) is 35.4 Å². The zero-order valence-corrected chi connectivity index (χ0v) is 15.5. The number of carbonyl (C=O) groups excluding carboxylic acids is 2. The van der Waals surface area contributed by atoms with Gasteiger partial charge in [-0.05, 0) is 49.7 Å². The van der Waals surface area contributed by atoms with E-state index in [4.69, 9.17) is 0 Å². The third-order valence-corrected chi connectivity index (χ3v) is 5.77. The quantitative estimate of drug-likeness (QED) is 0.847. The Bertz CT molecular complexity index is 620. The Kier molecular flexibility index (Phi) is 5.77. The fraction of sp³-hybridized carbons (Fsp3) is 0.619. The summed E-state index contributed by atoms with van der Waals surface area (Å²) in [6, 6.07) is 8.07. The van der Waals surface area contributed by atoms with E-state index in [9.17, 15) is 9.59 Å². The Labute approximate surface area is 151 Å². The average Bonchev–Trinajstić information content (AvgIpc) is 2.63. The summed E-state index contributed by atoms with van der Waals surface area (Å²) < 4.78 is 0. The number of nitrogens with zero attached hydrogens (tertiary/aromatic N) is 2. The second kappa shape index (κ2) is 8.03. The van der Waals surface area contributed by atoms with Crippen LogP contribution in [0.25, 0.3) is 0 Å². The third kappa shape index (κ3) is 4.42. The third-order valence-electron chi connectivity index (χ3n) is 5.77. The number of hydrogen-bond donors (Lipinski definition) is 0. The normalized spacial score (nSPS) is 22.1. The summed E-state index contributed by atoms with van der Waals surface area (Å²) >= 11 is 0. The fourth-order valence-corrected chi connectivity index (χ4v) is 4.11. The highest BCUT2D eigenvalue weighted by Gasteiger charge is 2.31. The molecule has 4 heteroatoms. The van der Waals surface area contributed by atoms with E-state index in [1.54, 1.807) is 0 Å². The first-order valence-corrected chi connectivity index (χ1v) is 9.65. The van der Waals surface area contributed by atoms with Gasteiger partial charge in [-0.15, -0.1) is 0 Å². The molecule has 1 unspecified atom stereocenters. The molecule has 0 saturated carbocycles. The van der Waals surface area contributed by atoms with Crippen molar-refractivity contribution in [3.63, 3.8) is 0 Å². The van der Waals surface area contributed by atoms with E-state index >= 15 is 0 Å². The molecule has 4 nitrogen and oxygen atoms in total.